The van der Waals surface area contributed by atoms with Crippen molar-refractivity contribution < 1.29 is 19.5 Å². The molecule has 2 amide bonds. The van der Waals surface area contributed by atoms with Crippen LogP contribution in [0.4, 0.5) is 0 Å². The molecule has 0 aromatic carbocycles. The highest BCUT2D eigenvalue weighted by atomic mass is 79.9. The molecule has 6 nitrogen and oxygen atoms in total. The summed E-state index contributed by atoms with van der Waals surface area (Å²) < 4.78 is 0.830. The minimum Gasteiger partial charge on any atom is -0.480 e. The highest BCUT2D eigenvalue weighted by molar-refractivity contribution is 9.11. The second-order valence-electron chi connectivity index (χ2n) is 5.03. The summed E-state index contributed by atoms with van der Waals surface area (Å²) in [6, 6.07) is 2.48. The highest BCUT2D eigenvalue weighted by Gasteiger charge is 2.26. The van der Waals surface area contributed by atoms with Crippen LogP contribution in [-0.2, 0) is 9.59 Å². The summed E-state index contributed by atoms with van der Waals surface area (Å²) >= 11 is 4.55. The van der Waals surface area contributed by atoms with E-state index in [1.807, 2.05) is 6.92 Å². The lowest BCUT2D eigenvalue weighted by atomic mass is 9.99. The van der Waals surface area contributed by atoms with Crippen molar-refractivity contribution in [3.8, 4) is 0 Å². The lowest BCUT2D eigenvalue weighted by molar-refractivity contribution is -0.143. The lowest BCUT2D eigenvalue weighted by Crippen LogP contribution is -2.48. The van der Waals surface area contributed by atoms with E-state index in [0.29, 0.717) is 11.3 Å². The van der Waals surface area contributed by atoms with Crippen molar-refractivity contribution in [1.29, 1.82) is 0 Å². The molecular weight excluding hydrogens is 372 g/mol. The van der Waals surface area contributed by atoms with E-state index in [-0.39, 0.29) is 18.4 Å². The van der Waals surface area contributed by atoms with Gasteiger partial charge in [0.15, 0.2) is 0 Å². The van der Waals surface area contributed by atoms with Crippen molar-refractivity contribution in [2.45, 2.75) is 26.3 Å². The standard InChI is InChI=1S/C14H19BrN2O4S/c1-4-8(2)12(14(20)21)16-11(18)7-17(3)13(19)9-5-6-10(15)22-9/h5-6,8,12H,4,7H2,1-3H3,(H,16,18)(H,20,21)/t8-,12-/m0/s1. The van der Waals surface area contributed by atoms with Gasteiger partial charge in [0.2, 0.25) is 5.91 Å². The van der Waals surface area contributed by atoms with Crippen molar-refractivity contribution in [1.82, 2.24) is 10.2 Å². The molecule has 2 atom stereocenters. The average Bonchev–Trinajstić information content (AvgIpc) is 2.89. The number of carbonyl (C=O) groups excluding carboxylic acids is 2. The molecule has 22 heavy (non-hydrogen) atoms. The van der Waals surface area contributed by atoms with Crippen LogP contribution in [0.1, 0.15) is 29.9 Å². The van der Waals surface area contributed by atoms with Gasteiger partial charge in [-0.15, -0.1) is 11.3 Å². The van der Waals surface area contributed by atoms with Gasteiger partial charge in [0.05, 0.1) is 15.2 Å². The zero-order valence-electron chi connectivity index (χ0n) is 12.6. The summed E-state index contributed by atoms with van der Waals surface area (Å²) in [6.45, 7) is 3.43. The first-order chi connectivity index (χ1) is 10.3. The third kappa shape index (κ3) is 5.10. The fourth-order valence-electron chi connectivity index (χ4n) is 1.81. The van der Waals surface area contributed by atoms with E-state index in [4.69, 9.17) is 5.11 Å². The Kier molecular flexibility index (Phi) is 7.02. The fourth-order valence-corrected chi connectivity index (χ4v) is 3.19. The number of hydrogen-bond acceptors (Lipinski definition) is 4. The Hall–Kier alpha value is -1.41. The molecule has 0 spiro atoms. The second-order valence-corrected chi connectivity index (χ2v) is 7.50. The van der Waals surface area contributed by atoms with Crippen LogP contribution < -0.4 is 5.32 Å². The largest absolute Gasteiger partial charge is 0.480 e. The van der Waals surface area contributed by atoms with Gasteiger partial charge in [-0.25, -0.2) is 4.79 Å². The molecule has 0 aliphatic carbocycles. The van der Waals surface area contributed by atoms with Gasteiger partial charge >= 0.3 is 5.97 Å². The van der Waals surface area contributed by atoms with Crippen LogP contribution in [0.5, 0.6) is 0 Å². The van der Waals surface area contributed by atoms with E-state index in [2.05, 4.69) is 21.2 Å². The van der Waals surface area contributed by atoms with E-state index < -0.39 is 17.9 Å². The summed E-state index contributed by atoms with van der Waals surface area (Å²) in [5.74, 6) is -2.02. The highest BCUT2D eigenvalue weighted by Crippen LogP contribution is 2.22. The van der Waals surface area contributed by atoms with Crippen molar-refractivity contribution in [2.75, 3.05) is 13.6 Å². The Balaban J connectivity index is 2.63. The summed E-state index contributed by atoms with van der Waals surface area (Å²) in [5.41, 5.74) is 0. The number of aliphatic carboxylic acids is 1. The molecule has 0 aliphatic heterocycles. The zero-order valence-corrected chi connectivity index (χ0v) is 15.0. The minimum absolute atomic E-state index is 0.185. The molecule has 1 aromatic rings. The van der Waals surface area contributed by atoms with Crippen LogP contribution in [0, 0.1) is 5.92 Å². The summed E-state index contributed by atoms with van der Waals surface area (Å²) in [5, 5.41) is 11.6. The average molecular weight is 391 g/mol. The van der Waals surface area contributed by atoms with Gasteiger partial charge in [0, 0.05) is 7.05 Å². The van der Waals surface area contributed by atoms with Crippen LogP contribution in [0.15, 0.2) is 15.9 Å². The summed E-state index contributed by atoms with van der Waals surface area (Å²) in [7, 11) is 1.51. The van der Waals surface area contributed by atoms with Gasteiger partial charge in [-0.05, 0) is 34.0 Å². The number of nitrogens with one attached hydrogen (secondary N) is 1. The molecule has 0 saturated heterocycles. The van der Waals surface area contributed by atoms with Gasteiger partial charge in [-0.2, -0.15) is 0 Å². The molecule has 0 unspecified atom stereocenters. The summed E-state index contributed by atoms with van der Waals surface area (Å²) in [4.78, 5) is 37.0. The van der Waals surface area contributed by atoms with Gasteiger partial charge < -0.3 is 15.3 Å². The number of amides is 2. The van der Waals surface area contributed by atoms with E-state index in [0.717, 1.165) is 3.79 Å². The first-order valence-corrected chi connectivity index (χ1v) is 8.40. The predicted octanol–water partition coefficient (Wildman–Crippen LogP) is 2.20. The molecule has 122 valence electrons. The van der Waals surface area contributed by atoms with Crippen molar-refractivity contribution in [3.05, 3.63) is 20.8 Å². The number of rotatable bonds is 7. The first-order valence-electron chi connectivity index (χ1n) is 6.79. The molecule has 0 fully saturated rings. The molecule has 0 saturated carbocycles. The van der Waals surface area contributed by atoms with Crippen LogP contribution in [-0.4, -0.2) is 47.4 Å². The second kappa shape index (κ2) is 8.28. The molecule has 0 radical (unpaired) electrons. The number of carboxylic acids is 1. The zero-order chi connectivity index (χ0) is 16.9. The molecule has 8 heteroatoms. The number of nitrogens with zero attached hydrogens (tertiary/aromatic N) is 1. The van der Waals surface area contributed by atoms with Gasteiger partial charge in [-0.1, -0.05) is 20.3 Å². The number of likely N-dealkylation sites (N-methyl/N-ethyl adjacent to an activating group) is 1. The van der Waals surface area contributed by atoms with Gasteiger partial charge in [0.25, 0.3) is 5.91 Å². The smallest absolute Gasteiger partial charge is 0.326 e. The number of halogens is 1. The van der Waals surface area contributed by atoms with Crippen LogP contribution in [0.25, 0.3) is 0 Å². The molecule has 1 aromatic heterocycles. The number of carbonyl (C=O) groups is 3. The third-order valence-electron chi connectivity index (χ3n) is 3.31. The molecular formula is C14H19BrN2O4S. The maximum Gasteiger partial charge on any atom is 0.326 e. The monoisotopic (exact) mass is 390 g/mol. The molecule has 1 heterocycles. The maximum absolute atomic E-state index is 12.1. The van der Waals surface area contributed by atoms with Crippen LogP contribution >= 0.6 is 27.3 Å². The Morgan fingerprint density at radius 3 is 2.50 bits per heavy atom. The van der Waals surface area contributed by atoms with Crippen LogP contribution in [0.2, 0.25) is 0 Å². The quantitative estimate of drug-likeness (QED) is 0.746. The van der Waals surface area contributed by atoms with E-state index in [9.17, 15) is 14.4 Å². The van der Waals surface area contributed by atoms with Gasteiger partial charge in [0.1, 0.15) is 6.04 Å². The number of hydrogen-bond donors (Lipinski definition) is 2. The van der Waals surface area contributed by atoms with Crippen LogP contribution in [0.3, 0.4) is 0 Å². The minimum atomic E-state index is -1.07. The van der Waals surface area contributed by atoms with Crippen molar-refractivity contribution in [3.63, 3.8) is 0 Å². The Morgan fingerprint density at radius 2 is 2.05 bits per heavy atom. The maximum atomic E-state index is 12.1. The van der Waals surface area contributed by atoms with E-state index in [1.54, 1.807) is 19.1 Å². The van der Waals surface area contributed by atoms with Gasteiger partial charge in [-0.3, -0.25) is 9.59 Å². The molecule has 2 N–H and O–H groups in total. The Morgan fingerprint density at radius 1 is 1.41 bits per heavy atom. The molecule has 1 rings (SSSR count). The van der Waals surface area contributed by atoms with E-state index >= 15 is 0 Å². The number of carboxylic acid groups (broad SMARTS) is 1. The Labute approximate surface area is 141 Å². The predicted molar refractivity (Wildman–Crippen MR) is 88.0 cm³/mol. The fraction of sp³-hybridized carbons (Fsp3) is 0.500. The molecule has 0 bridgehead atoms. The third-order valence-corrected chi connectivity index (χ3v) is 4.92. The summed E-state index contributed by atoms with van der Waals surface area (Å²) in [6.07, 6.45) is 0.634. The van der Waals surface area contributed by atoms with Crippen molar-refractivity contribution >= 4 is 45.1 Å². The lowest BCUT2D eigenvalue weighted by Gasteiger charge is -2.22. The normalized spacial score (nSPS) is 13.3. The first kappa shape index (κ1) is 18.6. The van der Waals surface area contributed by atoms with E-state index in [1.165, 1.54) is 23.3 Å². The number of thiophene rings is 1. The Bertz CT molecular complexity index is 561. The van der Waals surface area contributed by atoms with Crippen molar-refractivity contribution in [2.24, 2.45) is 5.92 Å². The molecule has 0 aliphatic rings. The SMILES string of the molecule is CC[C@H](C)[C@H](NC(=O)CN(C)C(=O)c1ccc(Br)s1)C(=O)O. The topological polar surface area (TPSA) is 86.7 Å².